The molecule has 1 unspecified atom stereocenters. The molecule has 1 aromatic rings. The van der Waals surface area contributed by atoms with Gasteiger partial charge in [0.15, 0.2) is 0 Å². The van der Waals surface area contributed by atoms with Crippen LogP contribution in [0.25, 0.3) is 5.43 Å². The number of anilines is 1. The van der Waals surface area contributed by atoms with Crippen LogP contribution in [-0.4, -0.2) is 28.3 Å². The van der Waals surface area contributed by atoms with Gasteiger partial charge >= 0.3 is 0 Å². The molecule has 1 aliphatic rings. The Morgan fingerprint density at radius 2 is 1.80 bits per heavy atom. The van der Waals surface area contributed by atoms with Crippen LogP contribution in [0.4, 0.5) is 11.4 Å². The number of allylic oxidation sites excluding steroid dienone is 2. The van der Waals surface area contributed by atoms with Crippen LogP contribution in [0.5, 0.6) is 0 Å². The normalized spacial score (nSPS) is 18.3. The lowest BCUT2D eigenvalue weighted by atomic mass is 10.3. The molecule has 0 radical (unpaired) electrons. The highest BCUT2D eigenvalue weighted by atomic mass is 16.5. The third kappa shape index (κ3) is 3.36. The van der Waals surface area contributed by atoms with Crippen LogP contribution in [0.1, 0.15) is 0 Å². The van der Waals surface area contributed by atoms with Crippen molar-refractivity contribution in [2.24, 2.45) is 10.2 Å². The van der Waals surface area contributed by atoms with Gasteiger partial charge in [-0.1, -0.05) is 5.11 Å². The first-order valence-corrected chi connectivity index (χ1v) is 6.31. The van der Waals surface area contributed by atoms with E-state index in [0.29, 0.717) is 5.88 Å². The number of hydrogen-bond acceptors (Lipinski definition) is 4. The molecule has 0 saturated heterocycles. The molecule has 0 fully saturated rings. The van der Waals surface area contributed by atoms with E-state index in [-0.39, 0.29) is 0 Å². The van der Waals surface area contributed by atoms with E-state index < -0.39 is 0 Å². The molecule has 6 heteroatoms. The van der Waals surface area contributed by atoms with Gasteiger partial charge in [-0.3, -0.25) is 0 Å². The highest BCUT2D eigenvalue weighted by molar-refractivity contribution is 5.51. The fourth-order valence-electron chi connectivity index (χ4n) is 1.68. The number of rotatable bonds is 4. The fourth-order valence-corrected chi connectivity index (χ4v) is 1.68. The molecule has 20 heavy (non-hydrogen) atoms. The van der Waals surface area contributed by atoms with Gasteiger partial charge in [0.05, 0.1) is 25.7 Å². The van der Waals surface area contributed by atoms with Crippen molar-refractivity contribution in [2.75, 3.05) is 33.2 Å². The van der Waals surface area contributed by atoms with Gasteiger partial charge in [-0.2, -0.15) is 0 Å². The third-order valence-corrected chi connectivity index (χ3v) is 2.88. The Labute approximate surface area is 119 Å². The van der Waals surface area contributed by atoms with Crippen LogP contribution >= 0.6 is 0 Å². The van der Waals surface area contributed by atoms with Crippen molar-refractivity contribution >= 4 is 11.4 Å². The second kappa shape index (κ2) is 6.21. The summed E-state index contributed by atoms with van der Waals surface area (Å²) in [7, 11) is 7.48. The van der Waals surface area contributed by atoms with Gasteiger partial charge in [0, 0.05) is 25.9 Å². The van der Waals surface area contributed by atoms with E-state index in [9.17, 15) is 0 Å². The zero-order chi connectivity index (χ0) is 14.5. The Kier molecular flexibility index (Phi) is 4.37. The van der Waals surface area contributed by atoms with Crippen molar-refractivity contribution < 1.29 is 9.75 Å². The van der Waals surface area contributed by atoms with Gasteiger partial charge in [-0.05, 0) is 30.3 Å². The van der Waals surface area contributed by atoms with Crippen LogP contribution in [-0.2, 0) is 4.74 Å². The molecule has 0 amide bonds. The van der Waals surface area contributed by atoms with Gasteiger partial charge in [0.2, 0.25) is 5.82 Å². The second-order valence-corrected chi connectivity index (χ2v) is 4.57. The summed E-state index contributed by atoms with van der Waals surface area (Å²) in [5.41, 5.74) is 6.20. The lowest BCUT2D eigenvalue weighted by Crippen LogP contribution is -3.02. The summed E-state index contributed by atoms with van der Waals surface area (Å²) in [5, 5.41) is 9.23. The number of benzene rings is 1. The molecular weight excluding hydrogens is 254 g/mol. The molecule has 1 aromatic carbocycles. The first-order valence-electron chi connectivity index (χ1n) is 6.31. The molecule has 0 saturated carbocycles. The maximum Gasteiger partial charge on any atom is 0.240 e. The monoisotopic (exact) mass is 273 g/mol. The number of quaternary nitrogens is 1. The van der Waals surface area contributed by atoms with Crippen molar-refractivity contribution in [3.8, 4) is 0 Å². The molecule has 0 aromatic heterocycles. The van der Waals surface area contributed by atoms with Crippen molar-refractivity contribution in [1.82, 2.24) is 0 Å². The van der Waals surface area contributed by atoms with Crippen LogP contribution in [0.2, 0.25) is 0 Å². The van der Waals surface area contributed by atoms with Crippen molar-refractivity contribution in [3.05, 3.63) is 53.5 Å². The van der Waals surface area contributed by atoms with E-state index in [2.05, 4.69) is 15.7 Å². The highest BCUT2D eigenvalue weighted by Gasteiger charge is 2.07. The quantitative estimate of drug-likeness (QED) is 0.853. The Morgan fingerprint density at radius 1 is 1.10 bits per heavy atom. The van der Waals surface area contributed by atoms with Crippen LogP contribution < -0.4 is 9.91 Å². The molecule has 1 aliphatic heterocycles. The topological polar surface area (TPSA) is 55.7 Å². The van der Waals surface area contributed by atoms with E-state index in [1.165, 1.54) is 0 Å². The summed E-state index contributed by atoms with van der Waals surface area (Å²) in [6.45, 7) is 0. The molecule has 0 aliphatic carbocycles. The fraction of sp³-hybridized carbons (Fsp3) is 0.286. The maximum absolute atomic E-state index is 5.06. The van der Waals surface area contributed by atoms with Crippen molar-refractivity contribution in [2.45, 2.75) is 0 Å². The summed E-state index contributed by atoms with van der Waals surface area (Å²) in [6.07, 6.45) is 3.62. The summed E-state index contributed by atoms with van der Waals surface area (Å²) in [5.74, 6) is 1.32. The number of nitrogens with zero attached hydrogens (tertiary/aromatic N) is 4. The molecule has 0 spiro atoms. The maximum atomic E-state index is 5.06. The van der Waals surface area contributed by atoms with Gasteiger partial charge in [-0.25, -0.2) is 0 Å². The summed E-state index contributed by atoms with van der Waals surface area (Å²) < 4.78 is 5.06. The molecule has 6 nitrogen and oxygen atoms in total. The predicted octanol–water partition coefficient (Wildman–Crippen LogP) is 1.98. The van der Waals surface area contributed by atoms with E-state index in [1.807, 2.05) is 56.4 Å². The van der Waals surface area contributed by atoms with Crippen molar-refractivity contribution in [1.29, 1.82) is 0 Å². The van der Waals surface area contributed by atoms with Crippen LogP contribution in [0, 0.1) is 0 Å². The van der Waals surface area contributed by atoms with E-state index in [4.69, 9.17) is 4.74 Å². The van der Waals surface area contributed by atoms with E-state index >= 15 is 0 Å². The Hall–Kier alpha value is -2.34. The van der Waals surface area contributed by atoms with Gasteiger partial charge in [-0.15, -0.1) is 5.11 Å². The highest BCUT2D eigenvalue weighted by Crippen LogP contribution is 2.19. The molecule has 2 rings (SSSR count). The molecule has 1 atom stereocenters. The Morgan fingerprint density at radius 3 is 2.35 bits per heavy atom. The Balaban J connectivity index is 2.09. The molecule has 1 N–H and O–H groups in total. The average molecular weight is 273 g/mol. The van der Waals surface area contributed by atoms with Gasteiger partial charge in [0.1, 0.15) is 0 Å². The smallest absolute Gasteiger partial charge is 0.240 e. The van der Waals surface area contributed by atoms with E-state index in [0.717, 1.165) is 22.2 Å². The molecular formula is C14H19N5O. The molecule has 1 heterocycles. The van der Waals surface area contributed by atoms with Crippen LogP contribution in [0.3, 0.4) is 0 Å². The number of hydrogen-bond donors (Lipinski definition) is 1. The predicted molar refractivity (Wildman–Crippen MR) is 78.7 cm³/mol. The lowest BCUT2D eigenvalue weighted by molar-refractivity contribution is -0.799. The molecule has 0 bridgehead atoms. The van der Waals surface area contributed by atoms with Crippen molar-refractivity contribution in [3.63, 3.8) is 0 Å². The summed E-state index contributed by atoms with van der Waals surface area (Å²) in [6, 6.07) is 7.89. The third-order valence-electron chi connectivity index (χ3n) is 2.88. The number of ether oxygens (including phenoxy) is 1. The zero-order valence-electron chi connectivity index (χ0n) is 12.2. The zero-order valence-corrected chi connectivity index (χ0v) is 12.2. The minimum Gasteiger partial charge on any atom is -0.516 e. The first-order chi connectivity index (χ1) is 9.60. The second-order valence-electron chi connectivity index (χ2n) is 4.57. The molecule has 106 valence electrons. The summed E-state index contributed by atoms with van der Waals surface area (Å²) in [4.78, 5) is 2.04. The first kappa shape index (κ1) is 14.1. The minimum atomic E-state index is 0.580. The SMILES string of the molecule is COC1=CC=C(N=Nc2ccc(N(C)C)cc2)[NH+](C)[N-]1. The van der Waals surface area contributed by atoms with Gasteiger partial charge < -0.3 is 20.1 Å². The van der Waals surface area contributed by atoms with Crippen LogP contribution in [0.15, 0.2) is 58.4 Å². The van der Waals surface area contributed by atoms with E-state index in [1.54, 1.807) is 13.2 Å². The Bertz CT molecular complexity index is 545. The standard InChI is InChI=1S/C14H19N5O/c1-18(2)12-7-5-11(6-8-12)15-16-13-9-10-14(20-4)17-19(13)3/h5-10,19H,1-4H3. The minimum absolute atomic E-state index is 0.580. The summed E-state index contributed by atoms with van der Waals surface area (Å²) >= 11 is 0. The van der Waals surface area contributed by atoms with Gasteiger partial charge in [0.25, 0.3) is 0 Å². The number of methoxy groups -OCH3 is 1. The largest absolute Gasteiger partial charge is 0.516 e. The lowest BCUT2D eigenvalue weighted by Gasteiger charge is -2.31. The number of azo groups is 1. The number of nitrogens with one attached hydrogen (secondary N) is 1. The average Bonchev–Trinajstić information content (AvgIpc) is 2.46.